The van der Waals surface area contributed by atoms with Crippen molar-refractivity contribution in [1.82, 2.24) is 4.98 Å². The predicted molar refractivity (Wildman–Crippen MR) is 99.5 cm³/mol. The molecule has 132 valence electrons. The van der Waals surface area contributed by atoms with Crippen molar-refractivity contribution in [2.45, 2.75) is 6.92 Å². The number of ether oxygens (including phenoxy) is 1. The molecule has 0 spiro atoms. The number of aromatic nitrogens is 1. The Kier molecular flexibility index (Phi) is 5.43. The Hall–Kier alpha value is -3.41. The van der Waals surface area contributed by atoms with E-state index in [0.717, 1.165) is 17.1 Å². The molecule has 1 heterocycles. The van der Waals surface area contributed by atoms with Crippen LogP contribution in [0.1, 0.15) is 17.4 Å². The van der Waals surface area contributed by atoms with Crippen molar-refractivity contribution in [3.8, 4) is 5.75 Å². The molecule has 0 aliphatic carbocycles. The van der Waals surface area contributed by atoms with Crippen LogP contribution in [-0.2, 0) is 0 Å². The average molecular weight is 351 g/mol. The molecule has 0 fully saturated rings. The number of carbonyl (C=O) groups is 1. The molecule has 6 heteroatoms. The van der Waals surface area contributed by atoms with Crippen LogP contribution in [0.15, 0.2) is 66.9 Å². The highest BCUT2D eigenvalue weighted by atomic mass is 19.1. The molecule has 0 saturated carbocycles. The highest BCUT2D eigenvalue weighted by Gasteiger charge is 2.09. The van der Waals surface area contributed by atoms with E-state index < -0.39 is 0 Å². The fourth-order valence-corrected chi connectivity index (χ4v) is 2.33. The number of halogens is 1. The van der Waals surface area contributed by atoms with E-state index in [2.05, 4.69) is 15.6 Å². The molecule has 26 heavy (non-hydrogen) atoms. The molecular formula is C20H18FN3O2. The SMILES string of the molecule is CCOc1ccc(Nc2ccnc(C(=O)Nc3ccc(F)cc3)c2)cc1. The Morgan fingerprint density at radius 1 is 1.00 bits per heavy atom. The van der Waals surface area contributed by atoms with Crippen molar-refractivity contribution in [2.75, 3.05) is 17.2 Å². The molecule has 0 radical (unpaired) electrons. The second-order valence-electron chi connectivity index (χ2n) is 5.47. The lowest BCUT2D eigenvalue weighted by molar-refractivity contribution is 0.102. The maximum absolute atomic E-state index is 12.9. The topological polar surface area (TPSA) is 63.2 Å². The third kappa shape index (κ3) is 4.57. The van der Waals surface area contributed by atoms with E-state index in [9.17, 15) is 9.18 Å². The Bertz CT molecular complexity index is 880. The zero-order valence-corrected chi connectivity index (χ0v) is 14.2. The maximum atomic E-state index is 12.9. The van der Waals surface area contributed by atoms with E-state index in [4.69, 9.17) is 4.74 Å². The second-order valence-corrected chi connectivity index (χ2v) is 5.47. The fraction of sp³-hybridized carbons (Fsp3) is 0.100. The molecule has 0 unspecified atom stereocenters. The summed E-state index contributed by atoms with van der Waals surface area (Å²) in [4.78, 5) is 16.4. The lowest BCUT2D eigenvalue weighted by atomic mass is 10.2. The lowest BCUT2D eigenvalue weighted by Crippen LogP contribution is -2.13. The zero-order chi connectivity index (χ0) is 18.4. The summed E-state index contributed by atoms with van der Waals surface area (Å²) in [6, 6.07) is 16.5. The predicted octanol–water partition coefficient (Wildman–Crippen LogP) is 4.62. The molecule has 3 aromatic rings. The van der Waals surface area contributed by atoms with E-state index in [-0.39, 0.29) is 17.4 Å². The quantitative estimate of drug-likeness (QED) is 0.680. The van der Waals surface area contributed by atoms with Gasteiger partial charge in [-0.1, -0.05) is 0 Å². The largest absolute Gasteiger partial charge is 0.494 e. The van der Waals surface area contributed by atoms with Crippen LogP contribution in [0.25, 0.3) is 0 Å². The molecular weight excluding hydrogens is 333 g/mol. The molecule has 1 amide bonds. The number of carbonyl (C=O) groups excluding carboxylic acids is 1. The minimum atomic E-state index is -0.369. The van der Waals surface area contributed by atoms with Gasteiger partial charge in [-0.25, -0.2) is 4.39 Å². The van der Waals surface area contributed by atoms with Crippen LogP contribution in [-0.4, -0.2) is 17.5 Å². The van der Waals surface area contributed by atoms with Gasteiger partial charge >= 0.3 is 0 Å². The molecule has 0 saturated heterocycles. The Morgan fingerprint density at radius 3 is 2.38 bits per heavy atom. The second kappa shape index (κ2) is 8.11. The first-order valence-corrected chi connectivity index (χ1v) is 8.17. The van der Waals surface area contributed by atoms with Crippen LogP contribution in [0, 0.1) is 5.82 Å². The molecule has 0 bridgehead atoms. The van der Waals surface area contributed by atoms with Gasteiger partial charge in [0, 0.05) is 23.3 Å². The number of nitrogens with zero attached hydrogens (tertiary/aromatic N) is 1. The summed E-state index contributed by atoms with van der Waals surface area (Å²) in [6.45, 7) is 2.55. The van der Waals surface area contributed by atoms with Gasteiger partial charge in [-0.2, -0.15) is 0 Å². The standard InChI is InChI=1S/C20H18FN3O2/c1-2-26-18-9-7-15(8-10-18)23-17-11-12-22-19(13-17)20(25)24-16-5-3-14(21)4-6-16/h3-13H,2H2,1H3,(H,22,23)(H,24,25). The third-order valence-electron chi connectivity index (χ3n) is 3.55. The van der Waals surface area contributed by atoms with Crippen LogP contribution in [0.3, 0.4) is 0 Å². The van der Waals surface area contributed by atoms with Gasteiger partial charge in [0.15, 0.2) is 0 Å². The maximum Gasteiger partial charge on any atom is 0.274 e. The molecule has 0 aliphatic heterocycles. The van der Waals surface area contributed by atoms with Crippen LogP contribution in [0.4, 0.5) is 21.5 Å². The van der Waals surface area contributed by atoms with Crippen molar-refractivity contribution in [3.63, 3.8) is 0 Å². The van der Waals surface area contributed by atoms with Gasteiger partial charge in [0.2, 0.25) is 0 Å². The van der Waals surface area contributed by atoms with Gasteiger partial charge in [-0.3, -0.25) is 9.78 Å². The normalized spacial score (nSPS) is 10.2. The van der Waals surface area contributed by atoms with E-state index in [0.29, 0.717) is 12.3 Å². The van der Waals surface area contributed by atoms with Crippen LogP contribution in [0.2, 0.25) is 0 Å². The number of hydrogen-bond acceptors (Lipinski definition) is 4. The number of pyridine rings is 1. The Balaban J connectivity index is 1.69. The molecule has 0 atom stereocenters. The van der Waals surface area contributed by atoms with E-state index in [1.54, 1.807) is 18.3 Å². The summed E-state index contributed by atoms with van der Waals surface area (Å²) in [5.41, 5.74) is 2.35. The van der Waals surface area contributed by atoms with Gasteiger partial charge in [-0.05, 0) is 67.6 Å². The van der Waals surface area contributed by atoms with Gasteiger partial charge in [-0.15, -0.1) is 0 Å². The minimum absolute atomic E-state index is 0.255. The van der Waals surface area contributed by atoms with Gasteiger partial charge < -0.3 is 15.4 Å². The third-order valence-corrected chi connectivity index (χ3v) is 3.55. The van der Waals surface area contributed by atoms with Gasteiger partial charge in [0.25, 0.3) is 5.91 Å². The average Bonchev–Trinajstić information content (AvgIpc) is 2.66. The highest BCUT2D eigenvalue weighted by Crippen LogP contribution is 2.20. The summed E-state index contributed by atoms with van der Waals surface area (Å²) >= 11 is 0. The Labute approximate surface area is 150 Å². The summed E-state index contributed by atoms with van der Waals surface area (Å²) in [5, 5.41) is 5.90. The van der Waals surface area contributed by atoms with Crippen LogP contribution >= 0.6 is 0 Å². The molecule has 1 aromatic heterocycles. The van der Waals surface area contributed by atoms with E-state index >= 15 is 0 Å². The van der Waals surface area contributed by atoms with Crippen molar-refractivity contribution < 1.29 is 13.9 Å². The lowest BCUT2D eigenvalue weighted by Gasteiger charge is -2.09. The van der Waals surface area contributed by atoms with Crippen molar-refractivity contribution in [2.24, 2.45) is 0 Å². The van der Waals surface area contributed by atoms with Crippen molar-refractivity contribution in [1.29, 1.82) is 0 Å². The number of anilines is 3. The summed E-state index contributed by atoms with van der Waals surface area (Å²) in [6.07, 6.45) is 1.55. The van der Waals surface area contributed by atoms with E-state index in [1.807, 2.05) is 31.2 Å². The summed E-state index contributed by atoms with van der Waals surface area (Å²) in [5.74, 6) is 0.0711. The first-order valence-electron chi connectivity index (χ1n) is 8.17. The van der Waals surface area contributed by atoms with Gasteiger partial charge in [0.1, 0.15) is 17.3 Å². The number of rotatable bonds is 6. The molecule has 2 aromatic carbocycles. The summed E-state index contributed by atoms with van der Waals surface area (Å²) in [7, 11) is 0. The monoisotopic (exact) mass is 351 g/mol. The van der Waals surface area contributed by atoms with Crippen LogP contribution < -0.4 is 15.4 Å². The molecule has 5 nitrogen and oxygen atoms in total. The molecule has 0 aliphatic rings. The fourth-order valence-electron chi connectivity index (χ4n) is 2.33. The van der Waals surface area contributed by atoms with Crippen molar-refractivity contribution in [3.05, 3.63) is 78.4 Å². The smallest absolute Gasteiger partial charge is 0.274 e. The zero-order valence-electron chi connectivity index (χ0n) is 14.2. The molecule has 3 rings (SSSR count). The summed E-state index contributed by atoms with van der Waals surface area (Å²) < 4.78 is 18.3. The number of amides is 1. The van der Waals surface area contributed by atoms with Crippen molar-refractivity contribution >= 4 is 23.0 Å². The first kappa shape index (κ1) is 17.4. The highest BCUT2D eigenvalue weighted by molar-refractivity contribution is 6.03. The van der Waals surface area contributed by atoms with E-state index in [1.165, 1.54) is 24.3 Å². The minimum Gasteiger partial charge on any atom is -0.494 e. The number of nitrogens with one attached hydrogen (secondary N) is 2. The number of benzene rings is 2. The molecule has 2 N–H and O–H groups in total. The Morgan fingerprint density at radius 2 is 1.69 bits per heavy atom. The first-order chi connectivity index (χ1) is 12.6. The van der Waals surface area contributed by atoms with Crippen LogP contribution in [0.5, 0.6) is 5.75 Å². The number of hydrogen-bond donors (Lipinski definition) is 2. The van der Waals surface area contributed by atoms with Gasteiger partial charge in [0.05, 0.1) is 6.61 Å².